The summed E-state index contributed by atoms with van der Waals surface area (Å²) >= 11 is 9.30. The number of hydrogen-bond acceptors (Lipinski definition) is 2. The second-order valence-corrected chi connectivity index (χ2v) is 6.03. The molecule has 2 aromatic rings. The lowest BCUT2D eigenvalue weighted by molar-refractivity contribution is -0.123. The molecule has 0 heterocycles. The van der Waals surface area contributed by atoms with Crippen molar-refractivity contribution in [3.63, 3.8) is 0 Å². The zero-order valence-corrected chi connectivity index (χ0v) is 14.1. The number of hydrogen-bond donors (Lipinski definition) is 1. The van der Waals surface area contributed by atoms with Gasteiger partial charge in [-0.2, -0.15) is 0 Å². The highest BCUT2D eigenvalue weighted by molar-refractivity contribution is 9.10. The lowest BCUT2D eigenvalue weighted by Gasteiger charge is -2.15. The van der Waals surface area contributed by atoms with Gasteiger partial charge in [-0.3, -0.25) is 4.79 Å². The van der Waals surface area contributed by atoms with E-state index in [0.29, 0.717) is 10.8 Å². The van der Waals surface area contributed by atoms with Crippen molar-refractivity contribution in [2.75, 3.05) is 6.61 Å². The predicted molar refractivity (Wildman–Crippen MR) is 87.6 cm³/mol. The molecule has 0 aliphatic rings. The van der Waals surface area contributed by atoms with Gasteiger partial charge in [-0.05, 0) is 42.8 Å². The van der Waals surface area contributed by atoms with Gasteiger partial charge in [-0.1, -0.05) is 39.7 Å². The second-order valence-electron chi connectivity index (χ2n) is 4.70. The molecule has 1 atom stereocenters. The summed E-state index contributed by atoms with van der Waals surface area (Å²) in [6.07, 6.45) is 0. The minimum Gasteiger partial charge on any atom is -0.482 e. The lowest BCUT2D eigenvalue weighted by atomic mass is 10.1. The minimum absolute atomic E-state index is 0.146. The zero-order valence-electron chi connectivity index (χ0n) is 11.8. The van der Waals surface area contributed by atoms with Crippen LogP contribution < -0.4 is 10.1 Å². The molecule has 0 aliphatic heterocycles. The first-order valence-corrected chi connectivity index (χ1v) is 7.75. The molecular formula is C16H14BrClFNO2. The van der Waals surface area contributed by atoms with Crippen molar-refractivity contribution in [2.24, 2.45) is 0 Å². The largest absolute Gasteiger partial charge is 0.482 e. The van der Waals surface area contributed by atoms with E-state index in [1.807, 2.05) is 6.92 Å². The van der Waals surface area contributed by atoms with E-state index in [-0.39, 0.29) is 24.4 Å². The summed E-state index contributed by atoms with van der Waals surface area (Å²) < 4.78 is 19.1. The van der Waals surface area contributed by atoms with Crippen LogP contribution in [-0.4, -0.2) is 12.5 Å². The van der Waals surface area contributed by atoms with Crippen molar-refractivity contribution >= 4 is 33.4 Å². The van der Waals surface area contributed by atoms with Crippen LogP contribution in [0.2, 0.25) is 5.02 Å². The Morgan fingerprint density at radius 2 is 2.00 bits per heavy atom. The van der Waals surface area contributed by atoms with E-state index in [9.17, 15) is 9.18 Å². The Hall–Kier alpha value is -1.59. The van der Waals surface area contributed by atoms with Crippen LogP contribution >= 0.6 is 27.5 Å². The number of rotatable bonds is 5. The molecule has 2 aromatic carbocycles. The van der Waals surface area contributed by atoms with Crippen LogP contribution in [0, 0.1) is 5.82 Å². The van der Waals surface area contributed by atoms with E-state index < -0.39 is 0 Å². The third kappa shape index (κ3) is 4.71. The molecule has 116 valence electrons. The van der Waals surface area contributed by atoms with Crippen molar-refractivity contribution < 1.29 is 13.9 Å². The van der Waals surface area contributed by atoms with Crippen LogP contribution in [0.5, 0.6) is 5.75 Å². The summed E-state index contributed by atoms with van der Waals surface area (Å²) in [6, 6.07) is 10.9. The molecule has 3 nitrogen and oxygen atoms in total. The Labute approximate surface area is 141 Å². The van der Waals surface area contributed by atoms with Crippen molar-refractivity contribution in [1.82, 2.24) is 5.32 Å². The van der Waals surface area contributed by atoms with E-state index in [1.54, 1.807) is 30.3 Å². The maximum absolute atomic E-state index is 12.9. The molecule has 1 amide bonds. The number of benzene rings is 2. The number of carbonyl (C=O) groups excluding carboxylic acids is 1. The summed E-state index contributed by atoms with van der Waals surface area (Å²) in [7, 11) is 0. The first-order valence-electron chi connectivity index (χ1n) is 6.58. The molecule has 6 heteroatoms. The lowest BCUT2D eigenvalue weighted by Crippen LogP contribution is -2.31. The van der Waals surface area contributed by atoms with Gasteiger partial charge in [0.25, 0.3) is 5.91 Å². The Balaban J connectivity index is 1.88. The van der Waals surface area contributed by atoms with Gasteiger partial charge in [0.2, 0.25) is 0 Å². The van der Waals surface area contributed by atoms with E-state index in [4.69, 9.17) is 16.3 Å². The Morgan fingerprint density at radius 1 is 1.32 bits per heavy atom. The van der Waals surface area contributed by atoms with Crippen LogP contribution in [0.4, 0.5) is 4.39 Å². The fourth-order valence-electron chi connectivity index (χ4n) is 1.85. The first-order chi connectivity index (χ1) is 10.5. The van der Waals surface area contributed by atoms with E-state index >= 15 is 0 Å². The van der Waals surface area contributed by atoms with Crippen molar-refractivity contribution in [2.45, 2.75) is 13.0 Å². The molecular weight excluding hydrogens is 373 g/mol. The number of amides is 1. The number of halogens is 3. The molecule has 0 spiro atoms. The average molecular weight is 387 g/mol. The van der Waals surface area contributed by atoms with Gasteiger partial charge in [0, 0.05) is 4.47 Å². The molecule has 0 bridgehead atoms. The molecule has 0 saturated carbocycles. The van der Waals surface area contributed by atoms with Crippen LogP contribution in [0.3, 0.4) is 0 Å². The summed E-state index contributed by atoms with van der Waals surface area (Å²) in [4.78, 5) is 11.9. The minimum atomic E-state index is -0.310. The molecule has 2 rings (SSSR count). The predicted octanol–water partition coefficient (Wildman–Crippen LogP) is 4.50. The molecule has 0 saturated heterocycles. The normalized spacial score (nSPS) is 11.8. The van der Waals surface area contributed by atoms with Crippen LogP contribution in [0.1, 0.15) is 18.5 Å². The molecule has 1 N–H and O–H groups in total. The molecule has 0 aromatic heterocycles. The third-order valence-corrected chi connectivity index (χ3v) is 3.79. The molecule has 0 radical (unpaired) electrons. The highest BCUT2D eigenvalue weighted by Crippen LogP contribution is 2.27. The number of nitrogens with one attached hydrogen (secondary N) is 1. The quantitative estimate of drug-likeness (QED) is 0.822. The highest BCUT2D eigenvalue weighted by atomic mass is 79.9. The highest BCUT2D eigenvalue weighted by Gasteiger charge is 2.11. The Bertz CT molecular complexity index is 664. The average Bonchev–Trinajstić information content (AvgIpc) is 2.47. The fraction of sp³-hybridized carbons (Fsp3) is 0.188. The molecule has 0 aliphatic carbocycles. The zero-order chi connectivity index (χ0) is 16.1. The third-order valence-electron chi connectivity index (χ3n) is 3.00. The Kier molecular flexibility index (Phi) is 5.80. The van der Waals surface area contributed by atoms with Gasteiger partial charge in [-0.15, -0.1) is 0 Å². The summed E-state index contributed by atoms with van der Waals surface area (Å²) in [5, 5.41) is 3.20. The van der Waals surface area contributed by atoms with Crippen molar-refractivity contribution in [3.05, 3.63) is 63.3 Å². The maximum atomic E-state index is 12.9. The monoisotopic (exact) mass is 385 g/mol. The maximum Gasteiger partial charge on any atom is 0.258 e. The summed E-state index contributed by atoms with van der Waals surface area (Å²) in [6.45, 7) is 1.67. The van der Waals surface area contributed by atoms with E-state index in [1.165, 1.54) is 12.1 Å². The molecule has 0 unspecified atom stereocenters. The number of carbonyl (C=O) groups is 1. The standard InChI is InChI=1S/C16H14BrClFNO2/c1-10(11-2-5-13(19)6-3-11)20-16(21)9-22-15-7-4-12(17)8-14(15)18/h2-8,10H,9H2,1H3,(H,20,21)/t10-/m1/s1. The second kappa shape index (κ2) is 7.61. The van der Waals surface area contributed by atoms with Gasteiger partial charge in [0.05, 0.1) is 11.1 Å². The summed E-state index contributed by atoms with van der Waals surface area (Å²) in [5.74, 6) is -0.152. The summed E-state index contributed by atoms with van der Waals surface area (Å²) in [5.41, 5.74) is 0.816. The van der Waals surface area contributed by atoms with Gasteiger partial charge >= 0.3 is 0 Å². The van der Waals surface area contributed by atoms with Crippen molar-refractivity contribution in [1.29, 1.82) is 0 Å². The Morgan fingerprint density at radius 3 is 2.64 bits per heavy atom. The van der Waals surface area contributed by atoms with Gasteiger partial charge < -0.3 is 10.1 Å². The first kappa shape index (κ1) is 16.8. The van der Waals surface area contributed by atoms with Gasteiger partial charge in [-0.25, -0.2) is 4.39 Å². The molecule has 22 heavy (non-hydrogen) atoms. The van der Waals surface area contributed by atoms with Crippen molar-refractivity contribution in [3.8, 4) is 5.75 Å². The fourth-order valence-corrected chi connectivity index (χ4v) is 2.58. The SMILES string of the molecule is C[C@@H](NC(=O)COc1ccc(Br)cc1Cl)c1ccc(F)cc1. The molecule has 0 fully saturated rings. The van der Waals surface area contributed by atoms with Crippen LogP contribution in [0.25, 0.3) is 0 Å². The van der Waals surface area contributed by atoms with Gasteiger partial charge in [0.1, 0.15) is 11.6 Å². The van der Waals surface area contributed by atoms with Gasteiger partial charge in [0.15, 0.2) is 6.61 Å². The van der Waals surface area contributed by atoms with Crippen LogP contribution in [0.15, 0.2) is 46.9 Å². The number of ether oxygens (including phenoxy) is 1. The van der Waals surface area contributed by atoms with Crippen LogP contribution in [-0.2, 0) is 4.79 Å². The van der Waals surface area contributed by atoms with E-state index in [0.717, 1.165) is 10.0 Å². The topological polar surface area (TPSA) is 38.3 Å². The van der Waals surface area contributed by atoms with E-state index in [2.05, 4.69) is 21.2 Å². The smallest absolute Gasteiger partial charge is 0.258 e.